The SMILES string of the molecule is Cc1ccc(-n2nc(C(F)(F)F)nc2NC(=O)C(F)(F)F)c(F)c1. The van der Waals surface area contributed by atoms with Gasteiger partial charge in [-0.2, -0.15) is 36.0 Å². The van der Waals surface area contributed by atoms with Crippen LogP contribution in [0.1, 0.15) is 11.4 Å². The van der Waals surface area contributed by atoms with E-state index in [1.807, 2.05) is 0 Å². The Kier molecular flexibility index (Phi) is 4.25. The molecule has 0 spiro atoms. The first-order valence-corrected chi connectivity index (χ1v) is 6.08. The number of aryl methyl sites for hydroxylation is 1. The number of carbonyl (C=O) groups is 1. The van der Waals surface area contributed by atoms with Crippen molar-refractivity contribution >= 4 is 11.9 Å². The molecule has 1 amide bonds. The van der Waals surface area contributed by atoms with Gasteiger partial charge in [0.2, 0.25) is 5.95 Å². The molecule has 2 aromatic rings. The zero-order valence-electron chi connectivity index (χ0n) is 11.6. The lowest BCUT2D eigenvalue weighted by Crippen LogP contribution is -2.31. The first kappa shape index (κ1) is 17.7. The molecule has 5 nitrogen and oxygen atoms in total. The highest BCUT2D eigenvalue weighted by Gasteiger charge is 2.42. The largest absolute Gasteiger partial charge is 0.471 e. The van der Waals surface area contributed by atoms with Gasteiger partial charge in [0, 0.05) is 0 Å². The standard InChI is InChI=1S/C12H7F7N4O/c1-5-2-3-7(6(13)4-5)23-10(21-9(24)12(17,18)19)20-8(22-23)11(14,15)16/h2-4H,1H3,(H,20,21,22,24). The molecule has 0 saturated heterocycles. The number of amides is 1. The van der Waals surface area contributed by atoms with Gasteiger partial charge in [0.1, 0.15) is 11.5 Å². The summed E-state index contributed by atoms with van der Waals surface area (Å²) in [6.07, 6.45) is -10.5. The van der Waals surface area contributed by atoms with Crippen LogP contribution in [-0.4, -0.2) is 26.8 Å². The Balaban J connectivity index is 2.56. The van der Waals surface area contributed by atoms with Crippen LogP contribution in [0.3, 0.4) is 0 Å². The normalized spacial score (nSPS) is 12.3. The van der Waals surface area contributed by atoms with Crippen LogP contribution in [0.4, 0.5) is 36.7 Å². The minimum atomic E-state index is -5.37. The minimum absolute atomic E-state index is 0.140. The van der Waals surface area contributed by atoms with Gasteiger partial charge in [-0.15, -0.1) is 5.10 Å². The Labute approximate surface area is 129 Å². The summed E-state index contributed by atoms with van der Waals surface area (Å²) >= 11 is 0. The van der Waals surface area contributed by atoms with E-state index in [9.17, 15) is 35.5 Å². The van der Waals surface area contributed by atoms with Crippen LogP contribution in [0, 0.1) is 12.7 Å². The summed E-state index contributed by atoms with van der Waals surface area (Å²) in [7, 11) is 0. The lowest BCUT2D eigenvalue weighted by molar-refractivity contribution is -0.167. The Hall–Kier alpha value is -2.66. The molecule has 130 valence electrons. The molecule has 0 atom stereocenters. The molecule has 0 unspecified atom stereocenters. The van der Waals surface area contributed by atoms with Gasteiger partial charge in [0.25, 0.3) is 5.82 Å². The van der Waals surface area contributed by atoms with Crippen molar-refractivity contribution in [3.63, 3.8) is 0 Å². The van der Waals surface area contributed by atoms with Crippen LogP contribution in [0.2, 0.25) is 0 Å². The average molecular weight is 356 g/mol. The Bertz CT molecular complexity index is 779. The Morgan fingerprint density at radius 3 is 2.29 bits per heavy atom. The van der Waals surface area contributed by atoms with Crippen LogP contribution in [0.25, 0.3) is 5.69 Å². The number of benzene rings is 1. The van der Waals surface area contributed by atoms with Gasteiger partial charge in [-0.05, 0) is 24.6 Å². The van der Waals surface area contributed by atoms with Crippen LogP contribution in [-0.2, 0) is 11.0 Å². The van der Waals surface area contributed by atoms with E-state index in [1.165, 1.54) is 13.0 Å². The summed E-state index contributed by atoms with van der Waals surface area (Å²) in [5, 5.41) is 4.08. The summed E-state index contributed by atoms with van der Waals surface area (Å²) in [5.74, 6) is -6.68. The topological polar surface area (TPSA) is 59.8 Å². The smallest absolute Gasteiger partial charge is 0.287 e. The van der Waals surface area contributed by atoms with E-state index in [-0.39, 0.29) is 4.68 Å². The van der Waals surface area contributed by atoms with Crippen molar-refractivity contribution in [1.29, 1.82) is 0 Å². The Morgan fingerprint density at radius 2 is 1.79 bits per heavy atom. The van der Waals surface area contributed by atoms with Gasteiger partial charge in [-0.1, -0.05) is 6.07 Å². The molecule has 24 heavy (non-hydrogen) atoms. The highest BCUT2D eigenvalue weighted by Crippen LogP contribution is 2.29. The maximum Gasteiger partial charge on any atom is 0.471 e. The summed E-state index contributed by atoms with van der Waals surface area (Å²) in [6, 6.07) is 3.21. The molecule has 0 saturated carbocycles. The maximum absolute atomic E-state index is 13.9. The van der Waals surface area contributed by atoms with Crippen molar-refractivity contribution in [3.05, 3.63) is 35.4 Å². The van der Waals surface area contributed by atoms with Gasteiger partial charge >= 0.3 is 18.3 Å². The van der Waals surface area contributed by atoms with E-state index in [1.54, 1.807) is 0 Å². The fraction of sp³-hybridized carbons (Fsp3) is 0.250. The van der Waals surface area contributed by atoms with Crippen LogP contribution < -0.4 is 5.32 Å². The van der Waals surface area contributed by atoms with E-state index < -0.39 is 41.5 Å². The molecule has 1 aromatic carbocycles. The third-order valence-electron chi connectivity index (χ3n) is 2.67. The van der Waals surface area contributed by atoms with Gasteiger partial charge in [0.15, 0.2) is 0 Å². The van der Waals surface area contributed by atoms with E-state index in [2.05, 4.69) is 10.1 Å². The third-order valence-corrected chi connectivity index (χ3v) is 2.67. The number of halogens is 7. The third kappa shape index (κ3) is 3.63. The minimum Gasteiger partial charge on any atom is -0.287 e. The lowest BCUT2D eigenvalue weighted by Gasteiger charge is -2.09. The van der Waals surface area contributed by atoms with Gasteiger partial charge < -0.3 is 0 Å². The number of rotatable bonds is 2. The van der Waals surface area contributed by atoms with Crippen molar-refractivity contribution < 1.29 is 35.5 Å². The summed E-state index contributed by atoms with van der Waals surface area (Å²) in [6.45, 7) is 1.49. The van der Waals surface area contributed by atoms with Crippen molar-refractivity contribution in [2.45, 2.75) is 19.3 Å². The number of nitrogens with zero attached hydrogens (tertiary/aromatic N) is 3. The molecule has 0 aliphatic rings. The average Bonchev–Trinajstić information content (AvgIpc) is 2.81. The fourth-order valence-corrected chi connectivity index (χ4v) is 1.64. The molecule has 0 radical (unpaired) electrons. The monoisotopic (exact) mass is 356 g/mol. The fourth-order valence-electron chi connectivity index (χ4n) is 1.64. The molecular weight excluding hydrogens is 349 g/mol. The van der Waals surface area contributed by atoms with E-state index in [0.717, 1.165) is 17.4 Å². The first-order chi connectivity index (χ1) is 10.9. The van der Waals surface area contributed by atoms with E-state index in [0.29, 0.717) is 5.56 Å². The molecule has 0 aliphatic heterocycles. The van der Waals surface area contributed by atoms with Gasteiger partial charge in [-0.25, -0.2) is 4.39 Å². The second kappa shape index (κ2) is 5.76. The molecule has 2 rings (SSSR count). The zero-order valence-corrected chi connectivity index (χ0v) is 11.6. The summed E-state index contributed by atoms with van der Waals surface area (Å²) < 4.78 is 88.9. The lowest BCUT2D eigenvalue weighted by atomic mass is 10.2. The Morgan fingerprint density at radius 1 is 1.17 bits per heavy atom. The second-order valence-electron chi connectivity index (χ2n) is 4.58. The predicted octanol–water partition coefficient (Wildman–Crippen LogP) is 3.23. The van der Waals surface area contributed by atoms with E-state index >= 15 is 0 Å². The number of aromatic nitrogens is 3. The molecule has 0 bridgehead atoms. The maximum atomic E-state index is 13.9. The molecule has 0 aliphatic carbocycles. The number of hydrogen-bond donors (Lipinski definition) is 1. The molecule has 12 heteroatoms. The number of anilines is 1. The second-order valence-corrected chi connectivity index (χ2v) is 4.58. The van der Waals surface area contributed by atoms with Crippen LogP contribution in [0.5, 0.6) is 0 Å². The highest BCUT2D eigenvalue weighted by molar-refractivity contribution is 5.93. The van der Waals surface area contributed by atoms with Crippen LogP contribution in [0.15, 0.2) is 18.2 Å². The molecular formula is C12H7F7N4O. The predicted molar refractivity (Wildman–Crippen MR) is 65.7 cm³/mol. The highest BCUT2D eigenvalue weighted by atomic mass is 19.4. The number of nitrogens with one attached hydrogen (secondary N) is 1. The molecule has 0 fully saturated rings. The summed E-state index contributed by atoms with van der Waals surface area (Å²) in [5.41, 5.74) is -0.200. The van der Waals surface area contributed by atoms with Gasteiger partial charge in [0.05, 0.1) is 0 Å². The van der Waals surface area contributed by atoms with Crippen molar-refractivity contribution in [3.8, 4) is 5.69 Å². The number of alkyl halides is 6. The van der Waals surface area contributed by atoms with Crippen molar-refractivity contribution in [2.24, 2.45) is 0 Å². The number of hydrogen-bond acceptors (Lipinski definition) is 3. The molecule has 1 aromatic heterocycles. The van der Waals surface area contributed by atoms with E-state index in [4.69, 9.17) is 0 Å². The summed E-state index contributed by atoms with van der Waals surface area (Å²) in [4.78, 5) is 13.7. The van der Waals surface area contributed by atoms with Crippen molar-refractivity contribution in [2.75, 3.05) is 5.32 Å². The molecule has 1 heterocycles. The van der Waals surface area contributed by atoms with Crippen molar-refractivity contribution in [1.82, 2.24) is 14.8 Å². The molecule has 1 N–H and O–H groups in total. The zero-order chi connectivity index (χ0) is 18.3. The quantitative estimate of drug-likeness (QED) is 0.841. The first-order valence-electron chi connectivity index (χ1n) is 6.08. The van der Waals surface area contributed by atoms with Crippen LogP contribution >= 0.6 is 0 Å². The van der Waals surface area contributed by atoms with Gasteiger partial charge in [-0.3, -0.25) is 10.1 Å². The number of carbonyl (C=O) groups excluding carboxylic acids is 1.